The Hall–Kier alpha value is -1.03. The van der Waals surface area contributed by atoms with Crippen molar-refractivity contribution in [1.82, 2.24) is 0 Å². The summed E-state index contributed by atoms with van der Waals surface area (Å²) in [7, 11) is 0. The summed E-state index contributed by atoms with van der Waals surface area (Å²) >= 11 is 5.47. The number of benzene rings is 1. The smallest absolute Gasteiger partial charge is 0.267 e. The zero-order valence-corrected chi connectivity index (χ0v) is 8.56. The third-order valence-corrected chi connectivity index (χ3v) is 2.10. The summed E-state index contributed by atoms with van der Waals surface area (Å²) in [6, 6.07) is 3.23. The lowest BCUT2D eigenvalue weighted by molar-refractivity contribution is 0.0974. The second kappa shape index (κ2) is 4.66. The highest BCUT2D eigenvalue weighted by Gasteiger charge is 2.24. The Morgan fingerprint density at radius 3 is 2.47 bits per heavy atom. The molecular formula is C10H8ClF3O. The van der Waals surface area contributed by atoms with E-state index in [0.717, 1.165) is 12.1 Å². The number of Topliss-reactive ketones (excluding diaryl/α,β-unsaturated/α-hetero) is 1. The minimum atomic E-state index is -3.03. The first-order chi connectivity index (χ1) is 6.95. The van der Waals surface area contributed by atoms with Gasteiger partial charge in [-0.3, -0.25) is 4.79 Å². The van der Waals surface area contributed by atoms with Crippen LogP contribution in [0.15, 0.2) is 18.2 Å². The molecule has 0 aliphatic rings. The first-order valence-corrected chi connectivity index (χ1v) is 4.63. The Kier molecular flexibility index (Phi) is 3.74. The number of hydrogen-bond acceptors (Lipinski definition) is 1. The summed E-state index contributed by atoms with van der Waals surface area (Å²) in [4.78, 5) is 11.4. The lowest BCUT2D eigenvalue weighted by Crippen LogP contribution is -2.14. The van der Waals surface area contributed by atoms with E-state index in [-0.39, 0.29) is 5.56 Å². The molecular weight excluding hydrogens is 229 g/mol. The molecule has 5 heteroatoms. The van der Waals surface area contributed by atoms with Crippen LogP contribution < -0.4 is 0 Å². The molecule has 15 heavy (non-hydrogen) atoms. The van der Waals surface area contributed by atoms with Crippen LogP contribution in [0.25, 0.3) is 0 Å². The van der Waals surface area contributed by atoms with Gasteiger partial charge in [-0.05, 0) is 13.0 Å². The van der Waals surface area contributed by atoms with E-state index in [1.165, 1.54) is 13.0 Å². The van der Waals surface area contributed by atoms with Crippen LogP contribution >= 0.6 is 11.6 Å². The molecule has 0 saturated heterocycles. The first-order valence-electron chi connectivity index (χ1n) is 4.20. The van der Waals surface area contributed by atoms with Crippen molar-refractivity contribution in [3.63, 3.8) is 0 Å². The Bertz CT molecular complexity index is 377. The van der Waals surface area contributed by atoms with Gasteiger partial charge < -0.3 is 0 Å². The molecule has 1 aromatic rings. The van der Waals surface area contributed by atoms with Crippen LogP contribution in [0.2, 0.25) is 0 Å². The standard InChI is InChI=1S/C10H8ClF3O/c1-5(11)9(15)6-3-2-4-7(12)8(6)10(13)14/h2-5,10H,1H3. The van der Waals surface area contributed by atoms with E-state index >= 15 is 0 Å². The number of carbonyl (C=O) groups is 1. The second-order valence-electron chi connectivity index (χ2n) is 2.98. The summed E-state index contributed by atoms with van der Waals surface area (Å²) in [5.74, 6) is -1.79. The van der Waals surface area contributed by atoms with Gasteiger partial charge in [-0.2, -0.15) is 0 Å². The maximum Gasteiger partial charge on any atom is 0.267 e. The molecule has 0 heterocycles. The van der Waals surface area contributed by atoms with Crippen molar-refractivity contribution >= 4 is 17.4 Å². The number of ketones is 1. The molecule has 0 bridgehead atoms. The van der Waals surface area contributed by atoms with Crippen molar-refractivity contribution < 1.29 is 18.0 Å². The largest absolute Gasteiger partial charge is 0.293 e. The molecule has 1 rings (SSSR count). The van der Waals surface area contributed by atoms with Crippen LogP contribution in [-0.4, -0.2) is 11.2 Å². The van der Waals surface area contributed by atoms with Gasteiger partial charge in [0.25, 0.3) is 6.43 Å². The van der Waals surface area contributed by atoms with Gasteiger partial charge in [-0.25, -0.2) is 13.2 Å². The summed E-state index contributed by atoms with van der Waals surface area (Å²) in [5, 5.41) is -0.954. The van der Waals surface area contributed by atoms with E-state index in [2.05, 4.69) is 0 Å². The van der Waals surface area contributed by atoms with E-state index in [4.69, 9.17) is 11.6 Å². The van der Waals surface area contributed by atoms with Crippen LogP contribution in [0, 0.1) is 5.82 Å². The maximum absolute atomic E-state index is 13.0. The van der Waals surface area contributed by atoms with Gasteiger partial charge in [0.15, 0.2) is 5.78 Å². The number of halogens is 4. The molecule has 0 spiro atoms. The van der Waals surface area contributed by atoms with E-state index in [1.54, 1.807) is 0 Å². The van der Waals surface area contributed by atoms with Crippen molar-refractivity contribution in [3.8, 4) is 0 Å². The minimum Gasteiger partial charge on any atom is -0.293 e. The predicted octanol–water partition coefficient (Wildman–Crippen LogP) is 3.57. The van der Waals surface area contributed by atoms with Crippen LogP contribution in [0.4, 0.5) is 13.2 Å². The van der Waals surface area contributed by atoms with E-state index < -0.39 is 29.0 Å². The Morgan fingerprint density at radius 2 is 2.00 bits per heavy atom. The van der Waals surface area contributed by atoms with E-state index in [9.17, 15) is 18.0 Å². The van der Waals surface area contributed by atoms with Crippen LogP contribution in [0.5, 0.6) is 0 Å². The molecule has 0 saturated carbocycles. The first kappa shape index (κ1) is 12.0. The van der Waals surface area contributed by atoms with Gasteiger partial charge in [0.2, 0.25) is 0 Å². The molecule has 0 N–H and O–H groups in total. The fourth-order valence-electron chi connectivity index (χ4n) is 1.19. The summed E-state index contributed by atoms with van der Waals surface area (Å²) in [6.07, 6.45) is -3.03. The van der Waals surface area contributed by atoms with Crippen molar-refractivity contribution in [3.05, 3.63) is 35.1 Å². The lowest BCUT2D eigenvalue weighted by Gasteiger charge is -2.09. The highest BCUT2D eigenvalue weighted by atomic mass is 35.5. The van der Waals surface area contributed by atoms with E-state index in [0.29, 0.717) is 0 Å². The van der Waals surface area contributed by atoms with Gasteiger partial charge in [-0.1, -0.05) is 12.1 Å². The quantitative estimate of drug-likeness (QED) is 0.579. The van der Waals surface area contributed by atoms with Gasteiger partial charge in [-0.15, -0.1) is 11.6 Å². The monoisotopic (exact) mass is 236 g/mol. The third-order valence-electron chi connectivity index (χ3n) is 1.90. The van der Waals surface area contributed by atoms with Crippen molar-refractivity contribution in [2.45, 2.75) is 18.7 Å². The van der Waals surface area contributed by atoms with Crippen LogP contribution in [0.3, 0.4) is 0 Å². The van der Waals surface area contributed by atoms with E-state index in [1.807, 2.05) is 0 Å². The summed E-state index contributed by atoms with van der Waals surface area (Å²) < 4.78 is 38.0. The van der Waals surface area contributed by atoms with Crippen LogP contribution in [-0.2, 0) is 0 Å². The van der Waals surface area contributed by atoms with Crippen molar-refractivity contribution in [1.29, 1.82) is 0 Å². The average molecular weight is 237 g/mol. The third kappa shape index (κ3) is 2.50. The molecule has 1 aromatic carbocycles. The topological polar surface area (TPSA) is 17.1 Å². The zero-order valence-electron chi connectivity index (χ0n) is 7.81. The highest BCUT2D eigenvalue weighted by Crippen LogP contribution is 2.27. The molecule has 1 unspecified atom stereocenters. The molecule has 0 radical (unpaired) electrons. The predicted molar refractivity (Wildman–Crippen MR) is 51.0 cm³/mol. The highest BCUT2D eigenvalue weighted by molar-refractivity contribution is 6.33. The van der Waals surface area contributed by atoms with Gasteiger partial charge in [0.1, 0.15) is 5.82 Å². The number of hydrogen-bond donors (Lipinski definition) is 0. The zero-order chi connectivity index (χ0) is 11.6. The number of carbonyl (C=O) groups excluding carboxylic acids is 1. The molecule has 0 aliphatic carbocycles. The summed E-state index contributed by atoms with van der Waals surface area (Å²) in [6.45, 7) is 1.35. The van der Waals surface area contributed by atoms with Crippen LogP contribution in [0.1, 0.15) is 29.3 Å². The second-order valence-corrected chi connectivity index (χ2v) is 3.64. The average Bonchev–Trinajstić information content (AvgIpc) is 2.15. The van der Waals surface area contributed by atoms with Gasteiger partial charge in [0, 0.05) is 5.56 Å². The molecule has 1 nitrogen and oxygen atoms in total. The van der Waals surface area contributed by atoms with Gasteiger partial charge >= 0.3 is 0 Å². The minimum absolute atomic E-state index is 0.354. The molecule has 0 fully saturated rings. The molecule has 0 aromatic heterocycles. The molecule has 0 aliphatic heterocycles. The molecule has 0 amide bonds. The molecule has 1 atom stereocenters. The fourth-order valence-corrected chi connectivity index (χ4v) is 1.31. The normalized spacial score (nSPS) is 12.9. The Morgan fingerprint density at radius 1 is 1.40 bits per heavy atom. The van der Waals surface area contributed by atoms with Crippen molar-refractivity contribution in [2.75, 3.05) is 0 Å². The molecule has 82 valence electrons. The summed E-state index contributed by atoms with van der Waals surface area (Å²) in [5.41, 5.74) is -1.23. The number of alkyl halides is 3. The number of rotatable bonds is 3. The Balaban J connectivity index is 3.29. The SMILES string of the molecule is CC(Cl)C(=O)c1cccc(F)c1C(F)F. The van der Waals surface area contributed by atoms with Gasteiger partial charge in [0.05, 0.1) is 10.9 Å². The lowest BCUT2D eigenvalue weighted by atomic mass is 10.0. The maximum atomic E-state index is 13.0. The fraction of sp³-hybridized carbons (Fsp3) is 0.300. The Labute approximate surface area is 89.9 Å². The van der Waals surface area contributed by atoms with Crippen molar-refractivity contribution in [2.24, 2.45) is 0 Å².